The Morgan fingerprint density at radius 2 is 1.86 bits per heavy atom. The van der Waals surface area contributed by atoms with Gasteiger partial charge in [-0.25, -0.2) is 0 Å². The fourth-order valence-electron chi connectivity index (χ4n) is 1.36. The second-order valence-corrected chi connectivity index (χ2v) is 3.28. The maximum atomic E-state index is 5.08. The third kappa shape index (κ3) is 3.36. The lowest BCUT2D eigenvalue weighted by molar-refractivity contribution is 0.0661. The Kier molecular flexibility index (Phi) is 4.43. The Hall–Kier alpha value is -1.06. The zero-order valence-corrected chi connectivity index (χ0v) is 8.91. The normalized spacial score (nSPS) is 12.5. The van der Waals surface area contributed by atoms with Crippen LogP contribution in [0.3, 0.4) is 0 Å². The van der Waals surface area contributed by atoms with Gasteiger partial charge in [0.2, 0.25) is 0 Å². The summed E-state index contributed by atoms with van der Waals surface area (Å²) in [6, 6.07) is 8.37. The van der Waals surface area contributed by atoms with Crippen LogP contribution in [0.4, 0.5) is 0 Å². The van der Waals surface area contributed by atoms with Crippen LogP contribution in [0.2, 0.25) is 0 Å². The van der Waals surface area contributed by atoms with Gasteiger partial charge in [0.05, 0.1) is 14.2 Å². The first kappa shape index (κ1) is 11.0. The molecule has 0 fully saturated rings. The zero-order chi connectivity index (χ0) is 10.4. The predicted octanol–water partition coefficient (Wildman–Crippen LogP) is 1.78. The van der Waals surface area contributed by atoms with Crippen LogP contribution < -0.4 is 10.2 Å². The first-order valence-electron chi connectivity index (χ1n) is 4.67. The summed E-state index contributed by atoms with van der Waals surface area (Å²) < 4.78 is 5.08. The highest BCUT2D eigenvalue weighted by Crippen LogP contribution is 2.12. The van der Waals surface area contributed by atoms with Crippen LogP contribution in [-0.2, 0) is 11.3 Å². The van der Waals surface area contributed by atoms with Crippen LogP contribution in [0.1, 0.15) is 12.5 Å². The molecule has 3 nitrogen and oxygen atoms in total. The molecule has 0 aliphatic rings. The lowest BCUT2D eigenvalue weighted by Crippen LogP contribution is -2.26. The van der Waals surface area contributed by atoms with Crippen LogP contribution in [0.15, 0.2) is 24.3 Å². The van der Waals surface area contributed by atoms with Crippen molar-refractivity contribution in [1.29, 1.82) is 0 Å². The molecule has 0 amide bonds. The standard InChI is InChI=1S/C11H17NO2/c1-9(12-14-3)8-10-4-6-11(13-2)7-5-10/h4-7,9,12H,8H2,1-3H3. The minimum atomic E-state index is 0.313. The van der Waals surface area contributed by atoms with Crippen LogP contribution in [0, 0.1) is 0 Å². The number of rotatable bonds is 5. The molecule has 1 unspecified atom stereocenters. The van der Waals surface area contributed by atoms with Crippen LogP contribution in [0.25, 0.3) is 0 Å². The van der Waals surface area contributed by atoms with Gasteiger partial charge in [0.25, 0.3) is 0 Å². The van der Waals surface area contributed by atoms with Gasteiger partial charge < -0.3 is 9.57 Å². The molecule has 1 rings (SSSR count). The van der Waals surface area contributed by atoms with Crippen molar-refractivity contribution in [1.82, 2.24) is 5.48 Å². The molecule has 0 radical (unpaired) electrons. The molecule has 0 aliphatic heterocycles. The van der Waals surface area contributed by atoms with E-state index in [0.29, 0.717) is 6.04 Å². The summed E-state index contributed by atoms with van der Waals surface area (Å²) >= 11 is 0. The quantitative estimate of drug-likeness (QED) is 0.726. The Balaban J connectivity index is 2.50. The van der Waals surface area contributed by atoms with E-state index in [-0.39, 0.29) is 0 Å². The minimum Gasteiger partial charge on any atom is -0.497 e. The van der Waals surface area contributed by atoms with Crippen molar-refractivity contribution < 1.29 is 9.57 Å². The van der Waals surface area contributed by atoms with Crippen LogP contribution >= 0.6 is 0 Å². The Bertz CT molecular complexity index is 258. The number of methoxy groups -OCH3 is 1. The van der Waals surface area contributed by atoms with Crippen molar-refractivity contribution in [3.63, 3.8) is 0 Å². The summed E-state index contributed by atoms with van der Waals surface area (Å²) in [6.07, 6.45) is 0.942. The molecular weight excluding hydrogens is 178 g/mol. The van der Waals surface area contributed by atoms with E-state index in [2.05, 4.69) is 24.5 Å². The molecule has 1 aromatic rings. The van der Waals surface area contributed by atoms with E-state index in [0.717, 1.165) is 12.2 Å². The van der Waals surface area contributed by atoms with E-state index in [1.165, 1.54) is 5.56 Å². The lowest BCUT2D eigenvalue weighted by atomic mass is 10.1. The summed E-state index contributed by atoms with van der Waals surface area (Å²) in [6.45, 7) is 2.08. The molecule has 0 aliphatic carbocycles. The number of hydrogen-bond donors (Lipinski definition) is 1. The van der Waals surface area contributed by atoms with E-state index in [9.17, 15) is 0 Å². The van der Waals surface area contributed by atoms with Gasteiger partial charge in [-0.05, 0) is 31.0 Å². The molecule has 0 saturated carbocycles. The van der Waals surface area contributed by atoms with Gasteiger partial charge in [-0.1, -0.05) is 12.1 Å². The number of ether oxygens (including phenoxy) is 1. The summed E-state index contributed by atoms with van der Waals surface area (Å²) in [7, 11) is 3.30. The average molecular weight is 195 g/mol. The van der Waals surface area contributed by atoms with Gasteiger partial charge in [-0.15, -0.1) is 0 Å². The second kappa shape index (κ2) is 5.62. The monoisotopic (exact) mass is 195 g/mol. The van der Waals surface area contributed by atoms with Crippen molar-refractivity contribution in [2.45, 2.75) is 19.4 Å². The number of benzene rings is 1. The van der Waals surface area contributed by atoms with Gasteiger partial charge in [0.1, 0.15) is 5.75 Å². The van der Waals surface area contributed by atoms with Crippen molar-refractivity contribution in [2.75, 3.05) is 14.2 Å². The van der Waals surface area contributed by atoms with Gasteiger partial charge in [-0.2, -0.15) is 5.48 Å². The summed E-state index contributed by atoms with van der Waals surface area (Å²) in [5, 5.41) is 0. The number of hydroxylamine groups is 1. The molecule has 1 aromatic carbocycles. The summed E-state index contributed by atoms with van der Waals surface area (Å²) in [5.41, 5.74) is 4.16. The van der Waals surface area contributed by atoms with Crippen molar-refractivity contribution in [3.05, 3.63) is 29.8 Å². The number of hydrogen-bond acceptors (Lipinski definition) is 3. The molecule has 14 heavy (non-hydrogen) atoms. The topological polar surface area (TPSA) is 30.5 Å². The number of nitrogens with one attached hydrogen (secondary N) is 1. The Labute approximate surface area is 85.0 Å². The largest absolute Gasteiger partial charge is 0.497 e. The maximum Gasteiger partial charge on any atom is 0.118 e. The second-order valence-electron chi connectivity index (χ2n) is 3.28. The van der Waals surface area contributed by atoms with Crippen molar-refractivity contribution in [3.8, 4) is 5.75 Å². The van der Waals surface area contributed by atoms with E-state index < -0.39 is 0 Å². The molecule has 0 saturated heterocycles. The molecule has 0 heterocycles. The molecule has 3 heteroatoms. The molecule has 78 valence electrons. The molecule has 0 bridgehead atoms. The van der Waals surface area contributed by atoms with E-state index in [1.54, 1.807) is 14.2 Å². The zero-order valence-electron chi connectivity index (χ0n) is 8.91. The molecular formula is C11H17NO2. The fourth-order valence-corrected chi connectivity index (χ4v) is 1.36. The lowest BCUT2D eigenvalue weighted by Gasteiger charge is -2.11. The van der Waals surface area contributed by atoms with Gasteiger partial charge in [0, 0.05) is 6.04 Å². The molecule has 1 atom stereocenters. The van der Waals surface area contributed by atoms with Gasteiger partial charge >= 0.3 is 0 Å². The molecule has 0 aromatic heterocycles. The van der Waals surface area contributed by atoms with Crippen molar-refractivity contribution >= 4 is 0 Å². The van der Waals surface area contributed by atoms with E-state index in [4.69, 9.17) is 9.57 Å². The van der Waals surface area contributed by atoms with Gasteiger partial charge in [-0.3, -0.25) is 0 Å². The third-order valence-corrected chi connectivity index (χ3v) is 2.02. The Morgan fingerprint density at radius 1 is 1.21 bits per heavy atom. The highest BCUT2D eigenvalue weighted by atomic mass is 16.6. The minimum absolute atomic E-state index is 0.313. The van der Waals surface area contributed by atoms with E-state index >= 15 is 0 Å². The fraction of sp³-hybridized carbons (Fsp3) is 0.455. The molecule has 1 N–H and O–H groups in total. The predicted molar refractivity (Wildman–Crippen MR) is 56.3 cm³/mol. The molecule has 0 spiro atoms. The highest BCUT2D eigenvalue weighted by molar-refractivity contribution is 5.27. The average Bonchev–Trinajstić information content (AvgIpc) is 2.19. The summed E-state index contributed by atoms with van der Waals surface area (Å²) in [4.78, 5) is 4.85. The van der Waals surface area contributed by atoms with Crippen LogP contribution in [-0.4, -0.2) is 20.3 Å². The SMILES string of the molecule is CONC(C)Cc1ccc(OC)cc1. The van der Waals surface area contributed by atoms with Gasteiger partial charge in [0.15, 0.2) is 0 Å². The maximum absolute atomic E-state index is 5.08. The van der Waals surface area contributed by atoms with Crippen molar-refractivity contribution in [2.24, 2.45) is 0 Å². The van der Waals surface area contributed by atoms with E-state index in [1.807, 2.05) is 12.1 Å². The van der Waals surface area contributed by atoms with Crippen LogP contribution in [0.5, 0.6) is 5.75 Å². The smallest absolute Gasteiger partial charge is 0.118 e. The first-order valence-corrected chi connectivity index (χ1v) is 4.67. The Morgan fingerprint density at radius 3 is 2.36 bits per heavy atom. The first-order chi connectivity index (χ1) is 6.76. The summed E-state index contributed by atoms with van der Waals surface area (Å²) in [5.74, 6) is 0.890. The highest BCUT2D eigenvalue weighted by Gasteiger charge is 2.02. The third-order valence-electron chi connectivity index (χ3n) is 2.02.